The minimum absolute atomic E-state index is 0.284. The summed E-state index contributed by atoms with van der Waals surface area (Å²) in [6.07, 6.45) is 0.943. The molecule has 4 N–H and O–H groups in total. The number of hydrazine groups is 1. The Morgan fingerprint density at radius 2 is 2.00 bits per heavy atom. The van der Waals surface area contributed by atoms with E-state index < -0.39 is 0 Å². The van der Waals surface area contributed by atoms with E-state index in [1.807, 2.05) is 12.1 Å². The highest BCUT2D eigenvalue weighted by atomic mass is 15.4. The molecule has 0 amide bonds. The predicted octanol–water partition coefficient (Wildman–Crippen LogP) is 3.12. The maximum absolute atomic E-state index is 4.54. The molecule has 0 radical (unpaired) electrons. The van der Waals surface area contributed by atoms with Crippen LogP contribution in [0.5, 0.6) is 0 Å². The molecule has 0 saturated heterocycles. The zero-order valence-electron chi connectivity index (χ0n) is 13.5. The molecule has 0 spiro atoms. The van der Waals surface area contributed by atoms with Crippen LogP contribution in [-0.2, 0) is 6.42 Å². The van der Waals surface area contributed by atoms with Crippen LogP contribution in [0.2, 0.25) is 0 Å². The molecule has 4 rings (SSSR count). The summed E-state index contributed by atoms with van der Waals surface area (Å²) in [5.41, 5.74) is 11.1. The molecule has 122 valence electrons. The molecule has 1 aromatic heterocycles. The number of anilines is 2. The van der Waals surface area contributed by atoms with E-state index in [0.717, 1.165) is 30.0 Å². The van der Waals surface area contributed by atoms with Crippen molar-refractivity contribution in [3.63, 3.8) is 0 Å². The molecule has 6 heteroatoms. The van der Waals surface area contributed by atoms with Gasteiger partial charge in [-0.1, -0.05) is 30.3 Å². The summed E-state index contributed by atoms with van der Waals surface area (Å²) in [5, 5.41) is 10.5. The Labute approximate surface area is 140 Å². The minimum Gasteiger partial charge on any atom is -0.353 e. The largest absolute Gasteiger partial charge is 0.353 e. The number of fused-ring (bicyclic) bond motifs is 1. The fourth-order valence-electron chi connectivity index (χ4n) is 2.88. The number of benzene rings is 2. The van der Waals surface area contributed by atoms with Gasteiger partial charge in [-0.25, -0.2) is 5.43 Å². The van der Waals surface area contributed by atoms with Crippen molar-refractivity contribution in [1.82, 2.24) is 20.6 Å². The highest BCUT2D eigenvalue weighted by Gasteiger charge is 2.18. The van der Waals surface area contributed by atoms with Gasteiger partial charge in [-0.2, -0.15) is 4.98 Å². The van der Waals surface area contributed by atoms with Gasteiger partial charge in [0.15, 0.2) is 5.82 Å². The molecule has 0 aliphatic carbocycles. The van der Waals surface area contributed by atoms with Gasteiger partial charge in [-0.3, -0.25) is 5.10 Å². The van der Waals surface area contributed by atoms with Crippen LogP contribution in [0.4, 0.5) is 11.6 Å². The molecule has 2 aromatic carbocycles. The second kappa shape index (κ2) is 6.33. The summed E-state index contributed by atoms with van der Waals surface area (Å²) in [5.74, 6) is 1.41. The molecule has 0 bridgehead atoms. The van der Waals surface area contributed by atoms with E-state index in [-0.39, 0.29) is 6.04 Å². The van der Waals surface area contributed by atoms with E-state index >= 15 is 0 Å². The van der Waals surface area contributed by atoms with Gasteiger partial charge in [0, 0.05) is 12.1 Å². The average Bonchev–Trinajstić information content (AvgIpc) is 3.23. The first-order chi connectivity index (χ1) is 11.8. The van der Waals surface area contributed by atoms with E-state index in [4.69, 9.17) is 0 Å². The van der Waals surface area contributed by atoms with E-state index in [1.54, 1.807) is 0 Å². The number of aromatic amines is 1. The van der Waals surface area contributed by atoms with Gasteiger partial charge in [-0.05, 0) is 42.7 Å². The third-order valence-corrected chi connectivity index (χ3v) is 4.24. The summed E-state index contributed by atoms with van der Waals surface area (Å²) in [7, 11) is 0. The molecule has 3 aromatic rings. The van der Waals surface area contributed by atoms with Crippen molar-refractivity contribution in [2.45, 2.75) is 19.4 Å². The van der Waals surface area contributed by atoms with Crippen LogP contribution in [0.25, 0.3) is 11.4 Å². The second-order valence-corrected chi connectivity index (χ2v) is 5.96. The second-order valence-electron chi connectivity index (χ2n) is 5.96. The Hall–Kier alpha value is -2.86. The lowest BCUT2D eigenvalue weighted by atomic mass is 10.0. The van der Waals surface area contributed by atoms with Gasteiger partial charge in [0.25, 0.3) is 0 Å². The third kappa shape index (κ3) is 2.96. The predicted molar refractivity (Wildman–Crippen MR) is 95.6 cm³/mol. The summed E-state index contributed by atoms with van der Waals surface area (Å²) >= 11 is 0. The van der Waals surface area contributed by atoms with Gasteiger partial charge in [0.2, 0.25) is 5.95 Å². The molecule has 1 aliphatic rings. The first-order valence-electron chi connectivity index (χ1n) is 8.15. The van der Waals surface area contributed by atoms with E-state index in [0.29, 0.717) is 5.95 Å². The lowest BCUT2D eigenvalue weighted by molar-refractivity contribution is 0.687. The lowest BCUT2D eigenvalue weighted by Gasteiger charge is -2.04. The van der Waals surface area contributed by atoms with Crippen molar-refractivity contribution in [3.05, 3.63) is 59.7 Å². The molecule has 1 atom stereocenters. The zero-order valence-corrected chi connectivity index (χ0v) is 13.5. The highest BCUT2D eigenvalue weighted by molar-refractivity contribution is 5.66. The number of nitrogens with zero attached hydrogens (tertiary/aromatic N) is 2. The normalized spacial score (nSPS) is 15.8. The first-order valence-corrected chi connectivity index (χ1v) is 8.15. The van der Waals surface area contributed by atoms with Gasteiger partial charge >= 0.3 is 0 Å². The number of nitrogens with one attached hydrogen (secondary N) is 4. The Bertz CT molecular complexity index is 827. The quantitative estimate of drug-likeness (QED) is 0.581. The zero-order chi connectivity index (χ0) is 16.4. The Kier molecular flexibility index (Phi) is 3.88. The van der Waals surface area contributed by atoms with Crippen LogP contribution in [0.3, 0.4) is 0 Å². The van der Waals surface area contributed by atoms with Crippen molar-refractivity contribution in [2.75, 3.05) is 17.3 Å². The molecule has 0 saturated carbocycles. The molecule has 0 fully saturated rings. The number of hydrogen-bond acceptors (Lipinski definition) is 5. The molecular weight excluding hydrogens is 300 g/mol. The monoisotopic (exact) mass is 320 g/mol. The SMILES string of the molecule is CC1NNc2ccc(-c3nc(NCCc4ccccc4)n[nH]3)cc21. The van der Waals surface area contributed by atoms with Gasteiger partial charge < -0.3 is 10.7 Å². The van der Waals surface area contributed by atoms with E-state index in [1.165, 1.54) is 11.1 Å². The first kappa shape index (κ1) is 14.7. The Morgan fingerprint density at radius 3 is 2.88 bits per heavy atom. The number of aromatic nitrogens is 3. The van der Waals surface area contributed by atoms with Crippen molar-refractivity contribution in [3.8, 4) is 11.4 Å². The Balaban J connectivity index is 1.42. The van der Waals surface area contributed by atoms with Crippen molar-refractivity contribution < 1.29 is 0 Å². The molecule has 1 unspecified atom stereocenters. The summed E-state index contributed by atoms with van der Waals surface area (Å²) in [6.45, 7) is 2.93. The lowest BCUT2D eigenvalue weighted by Crippen LogP contribution is -2.15. The number of rotatable bonds is 5. The summed E-state index contributed by atoms with van der Waals surface area (Å²) in [4.78, 5) is 4.54. The molecule has 6 nitrogen and oxygen atoms in total. The fourth-order valence-corrected chi connectivity index (χ4v) is 2.88. The third-order valence-electron chi connectivity index (χ3n) is 4.24. The maximum atomic E-state index is 4.54. The van der Waals surface area contributed by atoms with Crippen LogP contribution in [0.1, 0.15) is 24.1 Å². The van der Waals surface area contributed by atoms with Gasteiger partial charge in [0.05, 0.1) is 11.7 Å². The van der Waals surface area contributed by atoms with Crippen LogP contribution in [-0.4, -0.2) is 21.7 Å². The van der Waals surface area contributed by atoms with Crippen LogP contribution < -0.4 is 16.2 Å². The van der Waals surface area contributed by atoms with Gasteiger partial charge in [-0.15, -0.1) is 5.10 Å². The van der Waals surface area contributed by atoms with Crippen LogP contribution in [0.15, 0.2) is 48.5 Å². The molecular formula is C18H20N6. The fraction of sp³-hybridized carbons (Fsp3) is 0.222. The Morgan fingerprint density at radius 1 is 1.12 bits per heavy atom. The summed E-state index contributed by atoms with van der Waals surface area (Å²) in [6, 6.07) is 16.9. The summed E-state index contributed by atoms with van der Waals surface area (Å²) < 4.78 is 0. The molecule has 24 heavy (non-hydrogen) atoms. The average molecular weight is 320 g/mol. The standard InChI is InChI=1S/C18H20N6/c1-12-15-11-14(7-8-16(15)22-21-12)17-20-18(24-23-17)19-10-9-13-5-3-2-4-6-13/h2-8,11-12,21-22H,9-10H2,1H3,(H2,19,20,23,24). The highest BCUT2D eigenvalue weighted by Crippen LogP contribution is 2.31. The van der Waals surface area contributed by atoms with Crippen LogP contribution in [0, 0.1) is 0 Å². The molecule has 2 heterocycles. The van der Waals surface area contributed by atoms with Crippen molar-refractivity contribution in [1.29, 1.82) is 0 Å². The van der Waals surface area contributed by atoms with Crippen LogP contribution >= 0.6 is 0 Å². The topological polar surface area (TPSA) is 77.7 Å². The van der Waals surface area contributed by atoms with E-state index in [2.05, 4.69) is 74.7 Å². The smallest absolute Gasteiger partial charge is 0.242 e. The molecule has 1 aliphatic heterocycles. The number of hydrogen-bond donors (Lipinski definition) is 4. The number of H-pyrrole nitrogens is 1. The van der Waals surface area contributed by atoms with Crippen molar-refractivity contribution in [2.24, 2.45) is 0 Å². The maximum Gasteiger partial charge on any atom is 0.242 e. The van der Waals surface area contributed by atoms with Gasteiger partial charge in [0.1, 0.15) is 0 Å². The van der Waals surface area contributed by atoms with E-state index in [9.17, 15) is 0 Å². The minimum atomic E-state index is 0.284. The van der Waals surface area contributed by atoms with Crippen molar-refractivity contribution >= 4 is 11.6 Å².